The van der Waals surface area contributed by atoms with Crippen LogP contribution in [0.15, 0.2) is 47.4 Å². The minimum absolute atomic E-state index is 0.0643. The molecule has 1 aliphatic heterocycles. The van der Waals surface area contributed by atoms with E-state index in [1.165, 1.54) is 0 Å². The molecule has 0 spiro atoms. The van der Waals surface area contributed by atoms with Crippen molar-refractivity contribution in [1.29, 1.82) is 0 Å². The van der Waals surface area contributed by atoms with Gasteiger partial charge in [0.2, 0.25) is 0 Å². The SMILES string of the molecule is Cc1nc2cc(-c3cc(=O)n4cc(N5CCN(C)CC5)ccc4n3)ccc2s1. The lowest BCUT2D eigenvalue weighted by Crippen LogP contribution is -2.44. The summed E-state index contributed by atoms with van der Waals surface area (Å²) in [5.41, 5.74) is 4.22. The average Bonchev–Trinajstić information content (AvgIpc) is 3.07. The van der Waals surface area contributed by atoms with Crippen molar-refractivity contribution in [3.8, 4) is 11.3 Å². The molecule has 0 N–H and O–H groups in total. The number of piperazine rings is 1. The summed E-state index contributed by atoms with van der Waals surface area (Å²) in [6.45, 7) is 6.00. The first-order valence-corrected chi connectivity index (χ1v) is 10.2. The molecule has 3 aromatic heterocycles. The standard InChI is InChI=1S/C21H21N5OS/c1-14-22-18-11-15(3-5-19(18)28-14)17-12-21(27)26-13-16(4-6-20(26)23-17)25-9-7-24(2)8-10-25/h3-6,11-13H,7-10H2,1-2H3. The molecule has 1 fully saturated rings. The summed E-state index contributed by atoms with van der Waals surface area (Å²) in [5.74, 6) is 0. The van der Waals surface area contributed by atoms with E-state index in [1.807, 2.05) is 31.3 Å². The summed E-state index contributed by atoms with van der Waals surface area (Å²) in [6, 6.07) is 11.7. The molecule has 0 atom stereocenters. The zero-order valence-electron chi connectivity index (χ0n) is 15.9. The van der Waals surface area contributed by atoms with E-state index in [2.05, 4.69) is 34.0 Å². The Balaban J connectivity index is 1.54. The molecule has 0 amide bonds. The van der Waals surface area contributed by atoms with Crippen LogP contribution in [0.1, 0.15) is 5.01 Å². The molecule has 0 saturated carbocycles. The third kappa shape index (κ3) is 3.06. The number of aryl methyl sites for hydroxylation is 1. The quantitative estimate of drug-likeness (QED) is 0.526. The molecule has 1 aromatic carbocycles. The van der Waals surface area contributed by atoms with Crippen LogP contribution in [0.5, 0.6) is 0 Å². The topological polar surface area (TPSA) is 53.7 Å². The van der Waals surface area contributed by atoms with E-state index in [0.717, 1.165) is 52.7 Å². The number of hydrogen-bond acceptors (Lipinski definition) is 6. The summed E-state index contributed by atoms with van der Waals surface area (Å²) in [7, 11) is 2.14. The fourth-order valence-corrected chi connectivity index (χ4v) is 4.50. The van der Waals surface area contributed by atoms with Crippen LogP contribution in [0.3, 0.4) is 0 Å². The Hall–Kier alpha value is -2.77. The van der Waals surface area contributed by atoms with Crippen LogP contribution in [0, 0.1) is 6.92 Å². The van der Waals surface area contributed by atoms with Gasteiger partial charge in [0.25, 0.3) is 5.56 Å². The van der Waals surface area contributed by atoms with Gasteiger partial charge in [0, 0.05) is 44.0 Å². The summed E-state index contributed by atoms with van der Waals surface area (Å²) in [4.78, 5) is 26.7. The molecule has 7 heteroatoms. The van der Waals surface area contributed by atoms with Gasteiger partial charge in [0.15, 0.2) is 0 Å². The highest BCUT2D eigenvalue weighted by Crippen LogP contribution is 2.27. The number of benzene rings is 1. The van der Waals surface area contributed by atoms with Gasteiger partial charge in [-0.15, -0.1) is 11.3 Å². The van der Waals surface area contributed by atoms with Gasteiger partial charge in [-0.1, -0.05) is 6.07 Å². The van der Waals surface area contributed by atoms with Crippen LogP contribution in [0.2, 0.25) is 0 Å². The molecule has 4 aromatic rings. The number of thiazole rings is 1. The van der Waals surface area contributed by atoms with Crippen molar-refractivity contribution in [3.63, 3.8) is 0 Å². The second-order valence-corrected chi connectivity index (χ2v) is 8.54. The zero-order valence-corrected chi connectivity index (χ0v) is 16.7. The van der Waals surface area contributed by atoms with Gasteiger partial charge in [0.1, 0.15) is 5.65 Å². The normalized spacial score (nSPS) is 15.6. The zero-order chi connectivity index (χ0) is 19.3. The lowest BCUT2D eigenvalue weighted by atomic mass is 10.1. The Morgan fingerprint density at radius 2 is 1.82 bits per heavy atom. The van der Waals surface area contributed by atoms with Gasteiger partial charge in [-0.3, -0.25) is 9.20 Å². The van der Waals surface area contributed by atoms with E-state index in [9.17, 15) is 4.79 Å². The number of anilines is 1. The first-order valence-electron chi connectivity index (χ1n) is 9.41. The van der Waals surface area contributed by atoms with Crippen LogP contribution in [-0.4, -0.2) is 52.5 Å². The molecular weight excluding hydrogens is 370 g/mol. The highest BCUT2D eigenvalue weighted by molar-refractivity contribution is 7.18. The number of aromatic nitrogens is 3. The van der Waals surface area contributed by atoms with Crippen molar-refractivity contribution in [3.05, 3.63) is 58.0 Å². The maximum Gasteiger partial charge on any atom is 0.258 e. The van der Waals surface area contributed by atoms with E-state index in [4.69, 9.17) is 4.98 Å². The van der Waals surface area contributed by atoms with Crippen LogP contribution in [0.4, 0.5) is 5.69 Å². The number of rotatable bonds is 2. The van der Waals surface area contributed by atoms with E-state index in [0.29, 0.717) is 11.3 Å². The summed E-state index contributed by atoms with van der Waals surface area (Å²) < 4.78 is 2.79. The molecule has 0 bridgehead atoms. The van der Waals surface area contributed by atoms with Crippen molar-refractivity contribution >= 4 is 32.9 Å². The largest absolute Gasteiger partial charge is 0.368 e. The lowest BCUT2D eigenvalue weighted by Gasteiger charge is -2.34. The Bertz CT molecular complexity index is 1240. The first kappa shape index (κ1) is 17.3. The van der Waals surface area contributed by atoms with Crippen LogP contribution in [0.25, 0.3) is 27.1 Å². The average molecular weight is 392 g/mol. The second kappa shape index (κ2) is 6.68. The molecule has 0 unspecified atom stereocenters. The van der Waals surface area contributed by atoms with E-state index in [1.54, 1.807) is 21.8 Å². The molecule has 0 radical (unpaired) electrons. The van der Waals surface area contributed by atoms with Gasteiger partial charge in [-0.25, -0.2) is 9.97 Å². The minimum Gasteiger partial charge on any atom is -0.368 e. The molecule has 1 aliphatic rings. The molecule has 28 heavy (non-hydrogen) atoms. The smallest absolute Gasteiger partial charge is 0.258 e. The Kier molecular flexibility index (Phi) is 4.14. The predicted molar refractivity (Wildman–Crippen MR) is 115 cm³/mol. The maximum absolute atomic E-state index is 12.8. The summed E-state index contributed by atoms with van der Waals surface area (Å²) in [5, 5.41) is 1.04. The Labute approximate surface area is 166 Å². The molecule has 0 aliphatic carbocycles. The van der Waals surface area contributed by atoms with Crippen molar-refractivity contribution in [2.75, 3.05) is 38.1 Å². The van der Waals surface area contributed by atoms with Crippen LogP contribution >= 0.6 is 11.3 Å². The highest BCUT2D eigenvalue weighted by atomic mass is 32.1. The molecule has 1 saturated heterocycles. The lowest BCUT2D eigenvalue weighted by molar-refractivity contribution is 0.313. The fourth-order valence-electron chi connectivity index (χ4n) is 3.69. The fraction of sp³-hybridized carbons (Fsp3) is 0.286. The number of hydrogen-bond donors (Lipinski definition) is 0. The van der Waals surface area contributed by atoms with Gasteiger partial charge in [0.05, 0.1) is 26.6 Å². The molecular formula is C21H21N5OS. The Morgan fingerprint density at radius 1 is 1.00 bits per heavy atom. The minimum atomic E-state index is -0.0643. The molecule has 4 heterocycles. The van der Waals surface area contributed by atoms with Gasteiger partial charge >= 0.3 is 0 Å². The molecule has 142 valence electrons. The third-order valence-electron chi connectivity index (χ3n) is 5.30. The number of fused-ring (bicyclic) bond motifs is 2. The Morgan fingerprint density at radius 3 is 2.64 bits per heavy atom. The van der Waals surface area contributed by atoms with Gasteiger partial charge in [-0.2, -0.15) is 0 Å². The number of likely N-dealkylation sites (N-methyl/N-ethyl adjacent to an activating group) is 1. The van der Waals surface area contributed by atoms with Crippen LogP contribution < -0.4 is 10.5 Å². The van der Waals surface area contributed by atoms with Crippen molar-refractivity contribution in [1.82, 2.24) is 19.3 Å². The van der Waals surface area contributed by atoms with E-state index in [-0.39, 0.29) is 5.56 Å². The van der Waals surface area contributed by atoms with Crippen molar-refractivity contribution in [2.45, 2.75) is 6.92 Å². The van der Waals surface area contributed by atoms with E-state index >= 15 is 0 Å². The molecule has 6 nitrogen and oxygen atoms in total. The first-order chi connectivity index (χ1) is 13.6. The van der Waals surface area contributed by atoms with Gasteiger partial charge < -0.3 is 9.80 Å². The maximum atomic E-state index is 12.8. The number of nitrogens with zero attached hydrogens (tertiary/aromatic N) is 5. The van der Waals surface area contributed by atoms with Crippen LogP contribution in [-0.2, 0) is 0 Å². The van der Waals surface area contributed by atoms with Crippen molar-refractivity contribution < 1.29 is 0 Å². The highest BCUT2D eigenvalue weighted by Gasteiger charge is 2.15. The summed E-state index contributed by atoms with van der Waals surface area (Å²) >= 11 is 1.67. The summed E-state index contributed by atoms with van der Waals surface area (Å²) in [6.07, 6.45) is 1.91. The molecule has 5 rings (SSSR count). The third-order valence-corrected chi connectivity index (χ3v) is 6.25. The van der Waals surface area contributed by atoms with E-state index < -0.39 is 0 Å². The van der Waals surface area contributed by atoms with Gasteiger partial charge in [-0.05, 0) is 38.2 Å². The number of pyridine rings is 1. The monoisotopic (exact) mass is 391 g/mol. The second-order valence-electron chi connectivity index (χ2n) is 7.30. The predicted octanol–water partition coefficient (Wildman–Crippen LogP) is 3.03. The van der Waals surface area contributed by atoms with Crippen molar-refractivity contribution in [2.24, 2.45) is 0 Å².